The molecule has 0 saturated carbocycles. The number of ether oxygens (including phenoxy) is 1. The Labute approximate surface area is 173 Å². The lowest BCUT2D eigenvalue weighted by Gasteiger charge is -2.33. The Morgan fingerprint density at radius 3 is 2.07 bits per heavy atom. The largest absolute Gasteiger partial charge is 0.489 e. The van der Waals surface area contributed by atoms with Crippen LogP contribution in [-0.4, -0.2) is 40.6 Å². The molecule has 30 heavy (non-hydrogen) atoms. The van der Waals surface area contributed by atoms with Crippen LogP contribution in [-0.2, 0) is 19.4 Å². The van der Waals surface area contributed by atoms with Gasteiger partial charge < -0.3 is 9.84 Å². The maximum absolute atomic E-state index is 13.3. The molecule has 9 heteroatoms. The number of nitrogens with zero attached hydrogens (tertiary/aromatic N) is 3. The Morgan fingerprint density at radius 1 is 1.10 bits per heavy atom. The van der Waals surface area contributed by atoms with E-state index in [-0.39, 0.29) is 5.70 Å². The molecule has 0 bridgehead atoms. The van der Waals surface area contributed by atoms with E-state index in [9.17, 15) is 18.3 Å². The van der Waals surface area contributed by atoms with E-state index in [0.29, 0.717) is 0 Å². The van der Waals surface area contributed by atoms with E-state index in [0.717, 1.165) is 16.0 Å². The summed E-state index contributed by atoms with van der Waals surface area (Å²) >= 11 is 0. The van der Waals surface area contributed by atoms with Crippen LogP contribution in [0.2, 0.25) is 0 Å². The van der Waals surface area contributed by atoms with Crippen molar-refractivity contribution < 1.29 is 23.1 Å². The highest BCUT2D eigenvalue weighted by Crippen LogP contribution is 2.50. The molecule has 1 N–H and O–H groups in total. The van der Waals surface area contributed by atoms with Crippen LogP contribution >= 0.6 is 0 Å². The maximum atomic E-state index is 13.3. The fourth-order valence-corrected chi connectivity index (χ4v) is 6.07. The average molecular weight is 426 g/mol. The van der Waals surface area contributed by atoms with Crippen LogP contribution < -0.4 is 0 Å². The molecule has 2 atom stereocenters. The lowest BCUT2D eigenvalue weighted by molar-refractivity contribution is -0.155. The number of esters is 1. The van der Waals surface area contributed by atoms with Crippen LogP contribution in [0.15, 0.2) is 72.2 Å². The lowest BCUT2D eigenvalue weighted by Crippen LogP contribution is -2.52. The molecule has 1 fully saturated rings. The monoisotopic (exact) mass is 426 g/mol. The van der Waals surface area contributed by atoms with E-state index in [1.165, 1.54) is 13.8 Å². The fourth-order valence-electron chi connectivity index (χ4n) is 4.01. The Balaban J connectivity index is 1.73. The third kappa shape index (κ3) is 2.68. The van der Waals surface area contributed by atoms with E-state index >= 15 is 0 Å². The van der Waals surface area contributed by atoms with Crippen LogP contribution in [0, 0.1) is 5.39 Å². The molecule has 0 aromatic heterocycles. The Bertz CT molecular complexity index is 1130. The van der Waals surface area contributed by atoms with Crippen LogP contribution in [0.4, 0.5) is 0 Å². The van der Waals surface area contributed by atoms with Crippen LogP contribution in [0.3, 0.4) is 0 Å². The van der Waals surface area contributed by atoms with E-state index in [1.807, 2.05) is 60.7 Å². The summed E-state index contributed by atoms with van der Waals surface area (Å²) in [6.07, 6.45) is -0.758. The average Bonchev–Trinajstić information content (AvgIpc) is 2.88. The van der Waals surface area contributed by atoms with Gasteiger partial charge in [-0.05, 0) is 25.0 Å². The molecule has 2 aliphatic rings. The van der Waals surface area contributed by atoms with Gasteiger partial charge in [0.2, 0.25) is 10.8 Å². The number of rotatable bonds is 4. The van der Waals surface area contributed by atoms with Gasteiger partial charge in [-0.15, -0.1) is 0 Å². The van der Waals surface area contributed by atoms with Crippen molar-refractivity contribution in [3.63, 3.8) is 0 Å². The summed E-state index contributed by atoms with van der Waals surface area (Å²) in [5, 5.41) is 17.9. The van der Waals surface area contributed by atoms with Gasteiger partial charge >= 0.3 is 11.7 Å². The van der Waals surface area contributed by atoms with Gasteiger partial charge in [0.25, 0.3) is 5.88 Å². The summed E-state index contributed by atoms with van der Waals surface area (Å²) in [5.74, 6) is -1.35. The minimum atomic E-state index is -3.97. The second-order valence-electron chi connectivity index (χ2n) is 7.76. The van der Waals surface area contributed by atoms with Gasteiger partial charge in [0.1, 0.15) is 4.75 Å². The summed E-state index contributed by atoms with van der Waals surface area (Å²) < 4.78 is 30.2. The van der Waals surface area contributed by atoms with Crippen molar-refractivity contribution in [2.45, 2.75) is 36.1 Å². The van der Waals surface area contributed by atoms with Crippen LogP contribution in [0.5, 0.6) is 0 Å². The number of fused-ring (bicyclic) bond motifs is 1. The number of aliphatic hydroxyl groups is 1. The van der Waals surface area contributed by atoms with Gasteiger partial charge in [-0.2, -0.15) is 0 Å². The van der Waals surface area contributed by atoms with Crippen molar-refractivity contribution in [2.24, 2.45) is 0 Å². The van der Waals surface area contributed by atoms with Crippen molar-refractivity contribution in [3.05, 3.63) is 88.3 Å². The number of benzene rings is 2. The lowest BCUT2D eigenvalue weighted by atomic mass is 9.98. The molecule has 1 saturated heterocycles. The zero-order valence-electron chi connectivity index (χ0n) is 16.3. The maximum Gasteiger partial charge on any atom is 0.458 e. The first kappa shape index (κ1) is 19.9. The number of diazo groups is 1. The van der Waals surface area contributed by atoms with Crippen LogP contribution in [0.25, 0.3) is 4.98 Å². The summed E-state index contributed by atoms with van der Waals surface area (Å²) in [7, 11) is -3.97. The first-order valence-corrected chi connectivity index (χ1v) is 10.9. The van der Waals surface area contributed by atoms with Crippen molar-refractivity contribution in [1.82, 2.24) is 4.90 Å². The molecule has 2 heterocycles. The molecule has 0 unspecified atom stereocenters. The normalized spacial score (nSPS) is 23.5. The predicted octanol–water partition coefficient (Wildman–Crippen LogP) is 3.12. The Morgan fingerprint density at radius 2 is 1.60 bits per heavy atom. The smallest absolute Gasteiger partial charge is 0.458 e. The van der Waals surface area contributed by atoms with Gasteiger partial charge in [0.15, 0.2) is 27.0 Å². The third-order valence-electron chi connectivity index (χ3n) is 5.69. The fraction of sp³-hybridized carbons (Fsp3) is 0.286. The highest BCUT2D eigenvalue weighted by atomic mass is 32.2. The Kier molecular flexibility index (Phi) is 4.55. The summed E-state index contributed by atoms with van der Waals surface area (Å²) in [4.78, 5) is 17.2. The Hall–Kier alpha value is -3.38. The number of carbonyl (C=O) groups is 1. The molecule has 2 aromatic carbocycles. The molecule has 8 nitrogen and oxygen atoms in total. The highest BCUT2D eigenvalue weighted by Gasteiger charge is 2.74. The molecule has 154 valence electrons. The summed E-state index contributed by atoms with van der Waals surface area (Å²) in [6.45, 7) is 2.80. The van der Waals surface area contributed by atoms with Crippen molar-refractivity contribution >= 4 is 15.8 Å². The van der Waals surface area contributed by atoms with E-state index < -0.39 is 44.0 Å². The van der Waals surface area contributed by atoms with Gasteiger partial charge in [-0.3, -0.25) is 4.90 Å². The van der Waals surface area contributed by atoms with E-state index in [1.54, 1.807) is 0 Å². The summed E-state index contributed by atoms with van der Waals surface area (Å²) in [6, 6.07) is 16.9. The standard InChI is InChI=1S/C21H19N3O5S/c1-21(2)17(24-18(25)15(23-22)19(24)30(21,27)28)20(26)29-16(13-9-5-3-6-10-13)14-11-7-4-8-12-14/h3-12,16-17,19H,1-2H3/p+1/t17-,19+/m0/s1. The van der Waals surface area contributed by atoms with E-state index in [2.05, 4.69) is 4.98 Å². The molecule has 2 aliphatic heterocycles. The molecule has 0 radical (unpaired) electrons. The van der Waals surface area contributed by atoms with Crippen molar-refractivity contribution in [3.8, 4) is 0 Å². The quantitative estimate of drug-likeness (QED) is 0.590. The SMILES string of the molecule is CC1(C)[C@H](C(=O)OC(c2ccccc2)c2ccccc2)N2C(O)=C([N+]#N)[C@H]2S1(=O)=O. The van der Waals surface area contributed by atoms with Gasteiger partial charge in [0.05, 0.1) is 0 Å². The molecular formula is C21H20N3O5S+. The van der Waals surface area contributed by atoms with Gasteiger partial charge in [-0.1, -0.05) is 60.7 Å². The van der Waals surface area contributed by atoms with Crippen molar-refractivity contribution in [1.29, 1.82) is 5.39 Å². The second-order valence-corrected chi connectivity index (χ2v) is 10.3. The zero-order chi connectivity index (χ0) is 21.7. The van der Waals surface area contributed by atoms with Crippen molar-refractivity contribution in [2.75, 3.05) is 0 Å². The molecule has 2 aromatic rings. The predicted molar refractivity (Wildman–Crippen MR) is 108 cm³/mol. The molecule has 0 amide bonds. The molecule has 0 aliphatic carbocycles. The summed E-state index contributed by atoms with van der Waals surface area (Å²) in [5.41, 5.74) is 1.07. The third-order valence-corrected chi connectivity index (χ3v) is 8.42. The van der Waals surface area contributed by atoms with Gasteiger partial charge in [-0.25, -0.2) is 13.2 Å². The van der Waals surface area contributed by atoms with Crippen LogP contribution in [0.1, 0.15) is 31.1 Å². The highest BCUT2D eigenvalue weighted by molar-refractivity contribution is 7.94. The topological polar surface area (TPSA) is 112 Å². The molecule has 0 spiro atoms. The number of hydrogen-bond acceptors (Lipinski definition) is 7. The number of hydrogen-bond donors (Lipinski definition) is 1. The minimum Gasteiger partial charge on any atom is -0.489 e. The van der Waals surface area contributed by atoms with E-state index in [4.69, 9.17) is 10.1 Å². The number of sulfone groups is 1. The number of carbonyl (C=O) groups excluding carboxylic acids is 1. The first-order valence-electron chi connectivity index (χ1n) is 9.32. The zero-order valence-corrected chi connectivity index (χ0v) is 17.2. The molecular weight excluding hydrogens is 406 g/mol. The first-order chi connectivity index (χ1) is 14.2. The minimum absolute atomic E-state index is 0.374. The second kappa shape index (κ2) is 6.85. The number of aliphatic hydroxyl groups excluding tert-OH is 1. The van der Waals surface area contributed by atoms with Gasteiger partial charge in [0, 0.05) is 0 Å². The molecule has 4 rings (SSSR count).